The molecule has 0 spiro atoms. The fourth-order valence-corrected chi connectivity index (χ4v) is 9.07. The maximum atomic E-state index is 12.2. The number of hydrogen-bond acceptors (Lipinski definition) is 11. The van der Waals surface area contributed by atoms with Crippen molar-refractivity contribution in [2.75, 3.05) is 67.9 Å². The Bertz CT molecular complexity index is 1640. The monoisotopic (exact) mass is 641 g/mol. The predicted molar refractivity (Wildman–Crippen MR) is 180 cm³/mol. The molecule has 1 atom stereocenters. The number of anilines is 3. The maximum absolute atomic E-state index is 12.2. The summed E-state index contributed by atoms with van der Waals surface area (Å²) in [4.78, 5) is 32.7. The molecule has 11 nitrogen and oxygen atoms in total. The van der Waals surface area contributed by atoms with Gasteiger partial charge in [-0.25, -0.2) is 4.98 Å². The van der Waals surface area contributed by atoms with E-state index in [1.807, 2.05) is 11.0 Å². The summed E-state index contributed by atoms with van der Waals surface area (Å²) in [7, 11) is 0. The van der Waals surface area contributed by atoms with Crippen molar-refractivity contribution in [3.05, 3.63) is 46.7 Å². The minimum atomic E-state index is -0.594. The maximum Gasteiger partial charge on any atom is 0.246 e. The first-order chi connectivity index (χ1) is 22.4. The van der Waals surface area contributed by atoms with E-state index >= 15 is 0 Å². The third-order valence-electron chi connectivity index (χ3n) is 10.5. The number of nitriles is 1. The molecule has 0 bridgehead atoms. The molecular weight excluding hydrogens is 599 g/mol. The first kappa shape index (κ1) is 30.7. The van der Waals surface area contributed by atoms with Gasteiger partial charge in [-0.1, -0.05) is 18.2 Å². The topological polar surface area (TPSA) is 132 Å². The SMILES string of the molecule is C=CC(=O)N1CCN(c2cc(-c3noc(C4(C)CCCc5sc(N)c(C#N)c54)n3)nc(N3CCC(N4CCCCC4)CC3)c2)CC1. The van der Waals surface area contributed by atoms with Crippen LogP contribution in [0.3, 0.4) is 0 Å². The van der Waals surface area contributed by atoms with Crippen LogP contribution in [0.5, 0.6) is 0 Å². The molecule has 1 aliphatic carbocycles. The Kier molecular flexibility index (Phi) is 8.46. The number of piperidine rings is 2. The van der Waals surface area contributed by atoms with Crippen LogP contribution in [0, 0.1) is 11.3 Å². The molecule has 7 rings (SSSR count). The largest absolute Gasteiger partial charge is 0.389 e. The van der Waals surface area contributed by atoms with Crippen LogP contribution in [-0.2, 0) is 16.6 Å². The number of carbonyl (C=O) groups excluding carboxylic acids is 1. The Morgan fingerprint density at radius 3 is 2.54 bits per heavy atom. The number of piperazine rings is 1. The Hall–Kier alpha value is -3.95. The summed E-state index contributed by atoms with van der Waals surface area (Å²) < 4.78 is 6.00. The summed E-state index contributed by atoms with van der Waals surface area (Å²) in [6.45, 7) is 12.8. The summed E-state index contributed by atoms with van der Waals surface area (Å²) in [6, 6.07) is 7.19. The quantitative estimate of drug-likeness (QED) is 0.382. The van der Waals surface area contributed by atoms with Gasteiger partial charge in [-0.05, 0) is 77.1 Å². The normalized spacial score (nSPS) is 22.8. The van der Waals surface area contributed by atoms with Crippen molar-refractivity contribution < 1.29 is 9.32 Å². The molecular formula is C34H43N9O2S. The van der Waals surface area contributed by atoms with Crippen molar-refractivity contribution in [3.63, 3.8) is 0 Å². The highest BCUT2D eigenvalue weighted by Gasteiger charge is 2.43. The van der Waals surface area contributed by atoms with Gasteiger partial charge in [0.05, 0.1) is 11.0 Å². The second-order valence-electron chi connectivity index (χ2n) is 13.3. The average Bonchev–Trinajstić information content (AvgIpc) is 3.74. The highest BCUT2D eigenvalue weighted by molar-refractivity contribution is 7.16. The van der Waals surface area contributed by atoms with E-state index in [4.69, 9.17) is 20.2 Å². The lowest BCUT2D eigenvalue weighted by Crippen LogP contribution is -2.48. The molecule has 0 aromatic carbocycles. The summed E-state index contributed by atoms with van der Waals surface area (Å²) in [5.74, 6) is 1.82. The zero-order valence-corrected chi connectivity index (χ0v) is 27.5. The second kappa shape index (κ2) is 12.7. The van der Waals surface area contributed by atoms with Crippen LogP contribution in [0.15, 0.2) is 29.3 Å². The first-order valence-corrected chi connectivity index (χ1v) is 17.5. The van der Waals surface area contributed by atoms with Crippen molar-refractivity contribution in [1.82, 2.24) is 24.9 Å². The van der Waals surface area contributed by atoms with Crippen LogP contribution in [-0.4, -0.2) is 89.2 Å². The molecule has 46 heavy (non-hydrogen) atoms. The lowest BCUT2D eigenvalue weighted by molar-refractivity contribution is -0.126. The van der Waals surface area contributed by atoms with E-state index in [9.17, 15) is 10.1 Å². The molecule has 3 fully saturated rings. The van der Waals surface area contributed by atoms with E-state index in [1.165, 1.54) is 49.8 Å². The van der Waals surface area contributed by atoms with Gasteiger partial charge in [-0.15, -0.1) is 11.3 Å². The zero-order chi connectivity index (χ0) is 31.8. The van der Waals surface area contributed by atoms with E-state index in [1.54, 1.807) is 0 Å². The molecule has 1 amide bonds. The highest BCUT2D eigenvalue weighted by atomic mass is 32.1. The third-order valence-corrected chi connectivity index (χ3v) is 11.6. The van der Waals surface area contributed by atoms with E-state index in [0.29, 0.717) is 60.2 Å². The molecule has 1 unspecified atom stereocenters. The number of aryl methyl sites for hydroxylation is 1. The number of hydrogen-bond donors (Lipinski definition) is 1. The summed E-state index contributed by atoms with van der Waals surface area (Å²) in [5, 5.41) is 15.0. The number of likely N-dealkylation sites (tertiary alicyclic amines) is 1. The number of rotatable bonds is 6. The lowest BCUT2D eigenvalue weighted by Gasteiger charge is -2.41. The van der Waals surface area contributed by atoms with Crippen molar-refractivity contribution >= 4 is 33.8 Å². The van der Waals surface area contributed by atoms with Crippen molar-refractivity contribution in [1.29, 1.82) is 5.26 Å². The van der Waals surface area contributed by atoms with Crippen LogP contribution in [0.4, 0.5) is 16.5 Å². The molecule has 3 aromatic heterocycles. The molecule has 12 heteroatoms. The average molecular weight is 642 g/mol. The van der Waals surface area contributed by atoms with Gasteiger partial charge < -0.3 is 29.9 Å². The fourth-order valence-electron chi connectivity index (χ4n) is 7.88. The predicted octanol–water partition coefficient (Wildman–Crippen LogP) is 4.58. The Morgan fingerprint density at radius 1 is 1.07 bits per heavy atom. The second-order valence-corrected chi connectivity index (χ2v) is 14.4. The van der Waals surface area contributed by atoms with E-state index in [0.717, 1.165) is 67.1 Å². The van der Waals surface area contributed by atoms with Gasteiger partial charge in [0.25, 0.3) is 0 Å². The summed E-state index contributed by atoms with van der Waals surface area (Å²) in [6.07, 6.45) is 10.3. The van der Waals surface area contributed by atoms with E-state index < -0.39 is 5.41 Å². The van der Waals surface area contributed by atoms with Gasteiger partial charge in [0.1, 0.15) is 22.6 Å². The van der Waals surface area contributed by atoms with E-state index in [2.05, 4.69) is 45.5 Å². The van der Waals surface area contributed by atoms with E-state index in [-0.39, 0.29) is 5.91 Å². The minimum absolute atomic E-state index is 0.0297. The number of nitrogen functional groups attached to an aromatic ring is 1. The Morgan fingerprint density at radius 2 is 1.83 bits per heavy atom. The first-order valence-electron chi connectivity index (χ1n) is 16.7. The molecule has 6 heterocycles. The highest BCUT2D eigenvalue weighted by Crippen LogP contribution is 2.48. The number of amides is 1. The van der Waals surface area contributed by atoms with Crippen LogP contribution >= 0.6 is 11.3 Å². The summed E-state index contributed by atoms with van der Waals surface area (Å²) >= 11 is 1.50. The standard InChI is InChI=1S/C34H43N9O2S/c1-3-29(44)43-18-16-41(17-19-43)24-20-26(37-28(21-24)42-14-9-23(10-15-42)40-12-5-4-6-13-40)32-38-33(45-39-32)34(2)11-7-8-27-30(34)25(22-35)31(36)46-27/h3,20-21,23H,1,4-19,36H2,2H3. The number of nitrogens with zero attached hydrogens (tertiary/aromatic N) is 8. The number of thiophene rings is 1. The van der Waals surface area contributed by atoms with Gasteiger partial charge in [-0.3, -0.25) is 4.79 Å². The molecule has 4 aliphatic rings. The molecule has 2 N–H and O–H groups in total. The number of nitrogens with two attached hydrogens (primary N) is 1. The molecule has 3 saturated heterocycles. The molecule has 3 aromatic rings. The third kappa shape index (κ3) is 5.64. The van der Waals surface area contributed by atoms with Crippen LogP contribution in [0.2, 0.25) is 0 Å². The minimum Gasteiger partial charge on any atom is -0.389 e. The van der Waals surface area contributed by atoms with Crippen molar-refractivity contribution in [2.24, 2.45) is 0 Å². The van der Waals surface area contributed by atoms with Crippen molar-refractivity contribution in [2.45, 2.75) is 69.7 Å². The smallest absolute Gasteiger partial charge is 0.246 e. The van der Waals surface area contributed by atoms with Gasteiger partial charge >= 0.3 is 0 Å². The van der Waals surface area contributed by atoms with Gasteiger partial charge in [-0.2, -0.15) is 10.2 Å². The molecule has 0 saturated carbocycles. The molecule has 0 radical (unpaired) electrons. The van der Waals surface area contributed by atoms with Gasteiger partial charge in [0.15, 0.2) is 0 Å². The summed E-state index contributed by atoms with van der Waals surface area (Å²) in [5.41, 5.74) is 8.84. The van der Waals surface area contributed by atoms with Crippen molar-refractivity contribution in [3.8, 4) is 17.6 Å². The van der Waals surface area contributed by atoms with Crippen LogP contribution < -0.4 is 15.5 Å². The molecule has 242 valence electrons. The Balaban J connectivity index is 1.19. The zero-order valence-electron chi connectivity index (χ0n) is 26.7. The van der Waals surface area contributed by atoms with Crippen LogP contribution in [0.1, 0.15) is 73.8 Å². The molecule has 3 aliphatic heterocycles. The number of pyridine rings is 1. The fraction of sp³-hybridized carbons (Fsp3) is 0.559. The lowest BCUT2D eigenvalue weighted by atomic mass is 9.72. The number of fused-ring (bicyclic) bond motifs is 1. The Labute approximate surface area is 274 Å². The van der Waals surface area contributed by atoms with Gasteiger partial charge in [0.2, 0.25) is 17.6 Å². The van der Waals surface area contributed by atoms with Crippen LogP contribution in [0.25, 0.3) is 11.5 Å². The number of aromatic nitrogens is 3. The number of carbonyl (C=O) groups is 1. The van der Waals surface area contributed by atoms with Gasteiger partial charge in [0, 0.05) is 67.5 Å².